The maximum absolute atomic E-state index is 4.18. The lowest BCUT2D eigenvalue weighted by Gasteiger charge is -1.92. The van der Waals surface area contributed by atoms with Crippen molar-refractivity contribution < 1.29 is 0 Å². The van der Waals surface area contributed by atoms with Gasteiger partial charge in [0.1, 0.15) is 11.8 Å². The van der Waals surface area contributed by atoms with Crippen molar-refractivity contribution in [3.05, 3.63) is 29.0 Å². The van der Waals surface area contributed by atoms with Gasteiger partial charge in [0.15, 0.2) is 0 Å². The molecule has 0 N–H and O–H groups in total. The highest BCUT2D eigenvalue weighted by Gasteiger charge is 2.01. The Morgan fingerprint density at radius 1 is 1.45 bits per heavy atom. The summed E-state index contributed by atoms with van der Waals surface area (Å²) in [7, 11) is 0. The molecule has 0 atom stereocenters. The maximum Gasteiger partial charge on any atom is 0.106 e. The molecule has 0 aliphatic heterocycles. The number of hydrogen-bond donors (Lipinski definition) is 1. The monoisotopic (exact) mass is 228 g/mol. The van der Waals surface area contributed by atoms with Gasteiger partial charge in [0.25, 0.3) is 0 Å². The van der Waals surface area contributed by atoms with Gasteiger partial charge < -0.3 is 0 Å². The van der Waals surface area contributed by atoms with Crippen molar-refractivity contribution in [2.24, 2.45) is 0 Å². The molecule has 11 heavy (non-hydrogen) atoms. The second kappa shape index (κ2) is 2.53. The van der Waals surface area contributed by atoms with Crippen molar-refractivity contribution >= 4 is 39.8 Å². The number of nitrogens with zero attached hydrogens (tertiary/aromatic N) is 2. The van der Waals surface area contributed by atoms with Gasteiger partial charge in [0.05, 0.1) is 5.52 Å². The van der Waals surface area contributed by atoms with Crippen molar-refractivity contribution in [3.8, 4) is 0 Å². The fourth-order valence-corrected chi connectivity index (χ4v) is 1.66. The number of imidazole rings is 1. The van der Waals surface area contributed by atoms with Crippen molar-refractivity contribution in [1.29, 1.82) is 0 Å². The Morgan fingerprint density at radius 3 is 3.00 bits per heavy atom. The summed E-state index contributed by atoms with van der Waals surface area (Å²) < 4.78 is 2.70. The van der Waals surface area contributed by atoms with E-state index in [2.05, 4.69) is 33.7 Å². The average molecular weight is 229 g/mol. The summed E-state index contributed by atoms with van der Waals surface area (Å²) in [4.78, 5) is 4.16. The van der Waals surface area contributed by atoms with E-state index in [1.165, 1.54) is 0 Å². The molecular weight excluding hydrogens is 224 g/mol. The summed E-state index contributed by atoms with van der Waals surface area (Å²) in [6.07, 6.45) is 1.68. The molecular formula is C7H5BrN2S. The molecule has 0 unspecified atom stereocenters. The largest absolute Gasteiger partial charge is 0.275 e. The molecule has 1 heterocycles. The summed E-state index contributed by atoms with van der Waals surface area (Å²) in [6.45, 7) is 0. The van der Waals surface area contributed by atoms with Crippen molar-refractivity contribution in [2.45, 2.75) is 0 Å². The number of aromatic nitrogens is 2. The fraction of sp³-hybridized carbons (Fsp3) is 0. The van der Waals surface area contributed by atoms with Crippen LogP contribution in [0.2, 0.25) is 0 Å². The van der Waals surface area contributed by atoms with Crippen LogP contribution in [0.1, 0.15) is 0 Å². The zero-order chi connectivity index (χ0) is 7.84. The molecule has 0 radical (unpaired) electrons. The summed E-state index contributed by atoms with van der Waals surface area (Å²) in [5.74, 6) is 0. The first-order valence-electron chi connectivity index (χ1n) is 3.10. The third-order valence-corrected chi connectivity index (χ3v) is 2.47. The van der Waals surface area contributed by atoms with E-state index in [0.717, 1.165) is 15.5 Å². The van der Waals surface area contributed by atoms with E-state index in [1.54, 1.807) is 10.3 Å². The van der Waals surface area contributed by atoms with Gasteiger partial charge in [-0.3, -0.25) is 3.97 Å². The number of halogens is 1. The normalized spacial score (nSPS) is 10.7. The minimum absolute atomic E-state index is 0.947. The van der Waals surface area contributed by atoms with Gasteiger partial charge in [-0.05, 0) is 28.1 Å². The van der Waals surface area contributed by atoms with Gasteiger partial charge in [-0.2, -0.15) is 0 Å². The van der Waals surface area contributed by atoms with Gasteiger partial charge in [-0.15, -0.1) is 0 Å². The number of thiol groups is 1. The van der Waals surface area contributed by atoms with Crippen LogP contribution in [0.3, 0.4) is 0 Å². The molecule has 0 bridgehead atoms. The first-order chi connectivity index (χ1) is 5.29. The predicted molar refractivity (Wildman–Crippen MR) is 51.8 cm³/mol. The average Bonchev–Trinajstić information content (AvgIpc) is 2.35. The number of hydrogen-bond acceptors (Lipinski definition) is 2. The molecule has 0 aliphatic rings. The number of rotatable bonds is 0. The van der Waals surface area contributed by atoms with Gasteiger partial charge >= 0.3 is 0 Å². The topological polar surface area (TPSA) is 17.8 Å². The van der Waals surface area contributed by atoms with Crippen LogP contribution < -0.4 is 0 Å². The van der Waals surface area contributed by atoms with Gasteiger partial charge in [0.2, 0.25) is 0 Å². The number of fused-ring (bicyclic) bond motifs is 1. The summed E-state index contributed by atoms with van der Waals surface area (Å²) in [5, 5.41) is 0. The molecule has 0 spiro atoms. The van der Waals surface area contributed by atoms with E-state index >= 15 is 0 Å². The first kappa shape index (κ1) is 7.18. The SMILES string of the molecule is Sn1cnc2c(Br)cccc21. The zero-order valence-electron chi connectivity index (χ0n) is 5.53. The third kappa shape index (κ3) is 1.06. The molecule has 2 nitrogen and oxygen atoms in total. The first-order valence-corrected chi connectivity index (χ1v) is 4.29. The van der Waals surface area contributed by atoms with E-state index in [9.17, 15) is 0 Å². The van der Waals surface area contributed by atoms with Crippen LogP contribution in [0.4, 0.5) is 0 Å². The molecule has 56 valence electrons. The highest BCUT2D eigenvalue weighted by atomic mass is 79.9. The maximum atomic E-state index is 4.18. The summed E-state index contributed by atoms with van der Waals surface area (Å²) in [5.41, 5.74) is 1.96. The zero-order valence-corrected chi connectivity index (χ0v) is 8.01. The van der Waals surface area contributed by atoms with Crippen LogP contribution in [-0.4, -0.2) is 8.96 Å². The Labute approximate surface area is 77.9 Å². The highest BCUT2D eigenvalue weighted by Crippen LogP contribution is 2.22. The van der Waals surface area contributed by atoms with Gasteiger partial charge in [0, 0.05) is 4.47 Å². The van der Waals surface area contributed by atoms with Crippen LogP contribution in [0.25, 0.3) is 11.0 Å². The molecule has 1 aromatic heterocycles. The predicted octanol–water partition coefficient (Wildman–Crippen LogP) is 2.49. The van der Waals surface area contributed by atoms with Gasteiger partial charge in [-0.1, -0.05) is 18.9 Å². The number of benzene rings is 1. The van der Waals surface area contributed by atoms with Crippen LogP contribution in [0, 0.1) is 0 Å². The molecule has 4 heteroatoms. The minimum atomic E-state index is 0.947. The Hall–Kier alpha value is -0.480. The summed E-state index contributed by atoms with van der Waals surface area (Å²) in [6, 6.07) is 5.89. The van der Waals surface area contributed by atoms with Crippen molar-refractivity contribution in [2.75, 3.05) is 0 Å². The van der Waals surface area contributed by atoms with Crippen LogP contribution >= 0.6 is 28.7 Å². The lowest BCUT2D eigenvalue weighted by Crippen LogP contribution is -1.75. The quantitative estimate of drug-likeness (QED) is 0.687. The van der Waals surface area contributed by atoms with E-state index in [4.69, 9.17) is 0 Å². The highest BCUT2D eigenvalue weighted by molar-refractivity contribution is 9.10. The van der Waals surface area contributed by atoms with Crippen molar-refractivity contribution in [1.82, 2.24) is 8.96 Å². The number of para-hydroxylation sites is 1. The second-order valence-electron chi connectivity index (χ2n) is 2.20. The molecule has 0 amide bonds. The Balaban J connectivity index is 2.94. The molecule has 0 saturated heterocycles. The Kier molecular flexibility index (Phi) is 1.65. The third-order valence-electron chi connectivity index (χ3n) is 1.51. The molecule has 0 aliphatic carbocycles. The Bertz CT molecular complexity index is 396. The smallest absolute Gasteiger partial charge is 0.106 e. The molecule has 1 aromatic carbocycles. The molecule has 0 fully saturated rings. The van der Waals surface area contributed by atoms with Crippen LogP contribution in [0.5, 0.6) is 0 Å². The second-order valence-corrected chi connectivity index (χ2v) is 3.48. The van der Waals surface area contributed by atoms with Crippen molar-refractivity contribution in [3.63, 3.8) is 0 Å². The molecule has 2 aromatic rings. The fourth-order valence-electron chi connectivity index (χ4n) is 0.991. The summed E-state index contributed by atoms with van der Waals surface area (Å²) >= 11 is 7.58. The lowest BCUT2D eigenvalue weighted by atomic mass is 10.3. The minimum Gasteiger partial charge on any atom is -0.275 e. The lowest BCUT2D eigenvalue weighted by molar-refractivity contribution is 1.28. The van der Waals surface area contributed by atoms with E-state index in [0.29, 0.717) is 0 Å². The van der Waals surface area contributed by atoms with Crippen LogP contribution in [-0.2, 0) is 0 Å². The van der Waals surface area contributed by atoms with E-state index < -0.39 is 0 Å². The Morgan fingerprint density at radius 2 is 2.27 bits per heavy atom. The standard InChI is InChI=1S/C7H5BrN2S/c8-5-2-1-3-6-7(5)9-4-10(6)11/h1-4,11H. The van der Waals surface area contributed by atoms with E-state index in [1.807, 2.05) is 18.2 Å². The van der Waals surface area contributed by atoms with Gasteiger partial charge in [-0.25, -0.2) is 4.98 Å². The van der Waals surface area contributed by atoms with Crippen LogP contribution in [0.15, 0.2) is 29.0 Å². The molecule has 0 saturated carbocycles. The van der Waals surface area contributed by atoms with E-state index in [-0.39, 0.29) is 0 Å². The molecule has 2 rings (SSSR count).